The summed E-state index contributed by atoms with van der Waals surface area (Å²) in [5, 5.41) is 11.1. The van der Waals surface area contributed by atoms with Crippen molar-refractivity contribution in [2.75, 3.05) is 23.3 Å². The summed E-state index contributed by atoms with van der Waals surface area (Å²) in [4.78, 5) is 14.3. The van der Waals surface area contributed by atoms with Crippen LogP contribution in [-0.2, 0) is 0 Å². The third-order valence-corrected chi connectivity index (χ3v) is 4.04. The van der Waals surface area contributed by atoms with Gasteiger partial charge in [0, 0.05) is 18.7 Å². The molecule has 1 N–H and O–H groups in total. The minimum absolute atomic E-state index is 0.172. The smallest absolute Gasteiger partial charge is 0.256 e. The molecule has 0 unspecified atom stereocenters. The molecule has 2 heterocycles. The van der Waals surface area contributed by atoms with Crippen LogP contribution in [0.5, 0.6) is 0 Å². The second-order valence-corrected chi connectivity index (χ2v) is 5.77. The van der Waals surface area contributed by atoms with Gasteiger partial charge in [0.1, 0.15) is 0 Å². The van der Waals surface area contributed by atoms with E-state index in [1.54, 1.807) is 18.2 Å². The van der Waals surface area contributed by atoms with Crippen molar-refractivity contribution in [3.63, 3.8) is 0 Å². The first-order valence-corrected chi connectivity index (χ1v) is 7.67. The summed E-state index contributed by atoms with van der Waals surface area (Å²) >= 11 is 0. The number of rotatable bonds is 3. The van der Waals surface area contributed by atoms with E-state index in [0.29, 0.717) is 11.4 Å². The van der Waals surface area contributed by atoms with Crippen LogP contribution in [0, 0.1) is 5.92 Å². The molecule has 1 aromatic heterocycles. The standard InChI is InChI=1S/C17H20N4O/c1-13-9-11-21(12-10-13)16-8-7-15(19-20-16)18-17(22)14-5-3-2-4-6-14/h2-8,13H,9-12H2,1H3,(H,18,19,22). The average Bonchev–Trinajstić information content (AvgIpc) is 2.57. The van der Waals surface area contributed by atoms with E-state index in [-0.39, 0.29) is 5.91 Å². The van der Waals surface area contributed by atoms with Gasteiger partial charge in [0.05, 0.1) is 0 Å². The zero-order chi connectivity index (χ0) is 15.4. The Labute approximate surface area is 130 Å². The number of hydrogen-bond acceptors (Lipinski definition) is 4. The van der Waals surface area contributed by atoms with Crippen LogP contribution in [-0.4, -0.2) is 29.2 Å². The highest BCUT2D eigenvalue weighted by Crippen LogP contribution is 2.21. The number of hydrogen-bond donors (Lipinski definition) is 1. The van der Waals surface area contributed by atoms with Gasteiger partial charge in [-0.15, -0.1) is 10.2 Å². The van der Waals surface area contributed by atoms with Crippen molar-refractivity contribution >= 4 is 17.5 Å². The van der Waals surface area contributed by atoms with E-state index >= 15 is 0 Å². The molecule has 1 saturated heterocycles. The van der Waals surface area contributed by atoms with E-state index < -0.39 is 0 Å². The first-order chi connectivity index (χ1) is 10.7. The van der Waals surface area contributed by atoms with Gasteiger partial charge in [0.2, 0.25) is 0 Å². The van der Waals surface area contributed by atoms with E-state index in [4.69, 9.17) is 0 Å². The molecule has 0 spiro atoms. The zero-order valence-corrected chi connectivity index (χ0v) is 12.7. The molecule has 22 heavy (non-hydrogen) atoms. The molecule has 0 bridgehead atoms. The maximum absolute atomic E-state index is 12.0. The summed E-state index contributed by atoms with van der Waals surface area (Å²) in [5.74, 6) is 1.97. The van der Waals surface area contributed by atoms with Gasteiger partial charge in [-0.1, -0.05) is 25.1 Å². The van der Waals surface area contributed by atoms with Gasteiger partial charge < -0.3 is 10.2 Å². The highest BCUT2D eigenvalue weighted by molar-refractivity contribution is 6.03. The number of nitrogens with one attached hydrogen (secondary N) is 1. The number of anilines is 2. The van der Waals surface area contributed by atoms with Crippen LogP contribution in [0.15, 0.2) is 42.5 Å². The Balaban J connectivity index is 1.63. The van der Waals surface area contributed by atoms with Crippen molar-refractivity contribution in [2.24, 2.45) is 5.92 Å². The first-order valence-electron chi connectivity index (χ1n) is 7.67. The van der Waals surface area contributed by atoms with Crippen molar-refractivity contribution < 1.29 is 4.79 Å². The number of aromatic nitrogens is 2. The molecular formula is C17H20N4O. The molecule has 114 valence electrons. The lowest BCUT2D eigenvalue weighted by atomic mass is 9.99. The minimum atomic E-state index is -0.172. The number of nitrogens with zero attached hydrogens (tertiary/aromatic N) is 3. The minimum Gasteiger partial charge on any atom is -0.355 e. The van der Waals surface area contributed by atoms with E-state index in [1.807, 2.05) is 24.3 Å². The summed E-state index contributed by atoms with van der Waals surface area (Å²) in [7, 11) is 0. The zero-order valence-electron chi connectivity index (χ0n) is 12.7. The van der Waals surface area contributed by atoms with E-state index in [2.05, 4.69) is 27.3 Å². The number of carbonyl (C=O) groups excluding carboxylic acids is 1. The van der Waals surface area contributed by atoms with E-state index in [9.17, 15) is 4.79 Å². The number of piperidine rings is 1. The summed E-state index contributed by atoms with van der Waals surface area (Å²) in [5.41, 5.74) is 0.610. The van der Waals surface area contributed by atoms with Crippen LogP contribution in [0.2, 0.25) is 0 Å². The van der Waals surface area contributed by atoms with Crippen molar-refractivity contribution in [3.05, 3.63) is 48.0 Å². The van der Waals surface area contributed by atoms with Crippen LogP contribution >= 0.6 is 0 Å². The fourth-order valence-corrected chi connectivity index (χ4v) is 2.58. The predicted molar refractivity (Wildman–Crippen MR) is 87.0 cm³/mol. The Morgan fingerprint density at radius 2 is 1.82 bits per heavy atom. The van der Waals surface area contributed by atoms with Crippen LogP contribution in [0.3, 0.4) is 0 Å². The Morgan fingerprint density at radius 3 is 2.45 bits per heavy atom. The normalized spacial score (nSPS) is 15.6. The largest absolute Gasteiger partial charge is 0.355 e. The van der Waals surface area contributed by atoms with Gasteiger partial charge in [0.25, 0.3) is 5.91 Å². The van der Waals surface area contributed by atoms with Crippen molar-refractivity contribution in [2.45, 2.75) is 19.8 Å². The Kier molecular flexibility index (Phi) is 4.32. The molecule has 0 saturated carbocycles. The monoisotopic (exact) mass is 296 g/mol. The topological polar surface area (TPSA) is 58.1 Å². The van der Waals surface area contributed by atoms with Gasteiger partial charge in [-0.05, 0) is 43.0 Å². The van der Waals surface area contributed by atoms with Crippen molar-refractivity contribution in [3.8, 4) is 0 Å². The van der Waals surface area contributed by atoms with Crippen LogP contribution < -0.4 is 10.2 Å². The molecule has 1 amide bonds. The summed E-state index contributed by atoms with van der Waals surface area (Å²) in [6.45, 7) is 4.32. The maximum Gasteiger partial charge on any atom is 0.256 e. The van der Waals surface area contributed by atoms with Gasteiger partial charge in [-0.25, -0.2) is 0 Å². The second-order valence-electron chi connectivity index (χ2n) is 5.77. The summed E-state index contributed by atoms with van der Waals surface area (Å²) in [6, 6.07) is 12.8. The van der Waals surface area contributed by atoms with Crippen molar-refractivity contribution in [1.82, 2.24) is 10.2 Å². The predicted octanol–water partition coefficient (Wildman–Crippen LogP) is 2.97. The third-order valence-electron chi connectivity index (χ3n) is 4.04. The van der Waals surface area contributed by atoms with Gasteiger partial charge in [-0.3, -0.25) is 4.79 Å². The van der Waals surface area contributed by atoms with Crippen LogP contribution in [0.1, 0.15) is 30.1 Å². The molecule has 5 heteroatoms. The number of amides is 1. The van der Waals surface area contributed by atoms with Gasteiger partial charge in [0.15, 0.2) is 11.6 Å². The third kappa shape index (κ3) is 3.42. The molecule has 5 nitrogen and oxygen atoms in total. The fourth-order valence-electron chi connectivity index (χ4n) is 2.58. The summed E-state index contributed by atoms with van der Waals surface area (Å²) in [6.07, 6.45) is 2.38. The Morgan fingerprint density at radius 1 is 1.09 bits per heavy atom. The lowest BCUT2D eigenvalue weighted by Crippen LogP contribution is -2.33. The number of benzene rings is 1. The maximum atomic E-state index is 12.0. The molecular weight excluding hydrogens is 276 g/mol. The van der Waals surface area contributed by atoms with E-state index in [0.717, 1.165) is 24.8 Å². The quantitative estimate of drug-likeness (QED) is 0.946. The fraction of sp³-hybridized carbons (Fsp3) is 0.353. The van der Waals surface area contributed by atoms with Crippen molar-refractivity contribution in [1.29, 1.82) is 0 Å². The highest BCUT2D eigenvalue weighted by Gasteiger charge is 2.17. The molecule has 1 aromatic carbocycles. The summed E-state index contributed by atoms with van der Waals surface area (Å²) < 4.78 is 0. The van der Waals surface area contributed by atoms with Gasteiger partial charge >= 0.3 is 0 Å². The first kappa shape index (κ1) is 14.5. The molecule has 0 aliphatic carbocycles. The lowest BCUT2D eigenvalue weighted by molar-refractivity contribution is 0.102. The Bertz CT molecular complexity index is 619. The molecule has 1 fully saturated rings. The number of carbonyl (C=O) groups is 1. The average molecular weight is 296 g/mol. The Hall–Kier alpha value is -2.43. The molecule has 1 aliphatic heterocycles. The molecule has 3 rings (SSSR count). The van der Waals surface area contributed by atoms with E-state index in [1.165, 1.54) is 12.8 Å². The molecule has 0 atom stereocenters. The van der Waals surface area contributed by atoms with Crippen LogP contribution in [0.25, 0.3) is 0 Å². The SMILES string of the molecule is CC1CCN(c2ccc(NC(=O)c3ccccc3)nn2)CC1. The molecule has 0 radical (unpaired) electrons. The van der Waals surface area contributed by atoms with Crippen LogP contribution in [0.4, 0.5) is 11.6 Å². The molecule has 2 aromatic rings. The molecule has 1 aliphatic rings. The lowest BCUT2D eigenvalue weighted by Gasteiger charge is -2.30. The van der Waals surface area contributed by atoms with Gasteiger partial charge in [-0.2, -0.15) is 0 Å². The highest BCUT2D eigenvalue weighted by atomic mass is 16.1. The second kappa shape index (κ2) is 6.56.